The van der Waals surface area contributed by atoms with Gasteiger partial charge in [0.05, 0.1) is 0 Å². The molecule has 5 aromatic carbocycles. The van der Waals surface area contributed by atoms with Crippen molar-refractivity contribution in [1.29, 1.82) is 0 Å². The third kappa shape index (κ3) is 12.2. The molecule has 0 saturated carbocycles. The average Bonchev–Trinajstić information content (AvgIpc) is 3.06. The van der Waals surface area contributed by atoms with Gasteiger partial charge in [0.15, 0.2) is 0 Å². The maximum atomic E-state index is 12.0. The number of pyridine rings is 2. The smallest absolute Gasteiger partial charge is 1.00 e. The summed E-state index contributed by atoms with van der Waals surface area (Å²) < 4.78 is 101. The number of nitrogens with zero attached hydrogens (tertiary/aromatic N) is 2. The van der Waals surface area contributed by atoms with Crippen molar-refractivity contribution in [2.24, 2.45) is 0 Å². The summed E-state index contributed by atoms with van der Waals surface area (Å²) in [5.74, 6) is -0.229. The monoisotopic (exact) mass is 794 g/mol. The largest absolute Gasteiger partial charge is 1.00 e. The number of aromatic hydroxyl groups is 1. The van der Waals surface area contributed by atoms with Crippen LogP contribution in [-0.2, 0) is 30.4 Å². The molecular formula is C34H33N2Na3O10S3. The Morgan fingerprint density at radius 2 is 0.808 bits per heavy atom. The average molecular weight is 795 g/mol. The molecule has 0 radical (unpaired) electrons. The molecule has 0 aliphatic heterocycles. The molecule has 0 bridgehead atoms. The van der Waals surface area contributed by atoms with Crippen LogP contribution in [0.1, 0.15) is 15.4 Å². The maximum Gasteiger partial charge on any atom is 1.00 e. The van der Waals surface area contributed by atoms with E-state index < -0.39 is 55.8 Å². The van der Waals surface area contributed by atoms with E-state index in [1.807, 2.05) is 36.4 Å². The predicted octanol–water partition coefficient (Wildman–Crippen LogP) is -2.15. The van der Waals surface area contributed by atoms with Gasteiger partial charge in [-0.05, 0) is 55.6 Å². The van der Waals surface area contributed by atoms with Gasteiger partial charge in [-0.3, -0.25) is 23.6 Å². The predicted molar refractivity (Wildman–Crippen MR) is 189 cm³/mol. The number of hydrogen-bond donors (Lipinski definition) is 4. The van der Waals surface area contributed by atoms with E-state index >= 15 is 0 Å². The SMILES string of the molecule is Cc1ccc(C)cc1.O=S(=O)(O)c1c(S(=O)(=O)O)c2ccc3ccc(O)c4ccc(c1S(=O)(=O)O)c2c34.[H-].[H-].[H-].[Na+].[Na+].[Na+].c1ccncc1.c1ccncc1. The maximum absolute atomic E-state index is 12.0. The Morgan fingerprint density at radius 1 is 0.462 bits per heavy atom. The van der Waals surface area contributed by atoms with Crippen LogP contribution in [0.15, 0.2) is 137 Å². The van der Waals surface area contributed by atoms with Crippen molar-refractivity contribution >= 4 is 62.7 Å². The zero-order valence-corrected chi connectivity index (χ0v) is 37.4. The third-order valence-electron chi connectivity index (χ3n) is 6.92. The van der Waals surface area contributed by atoms with Gasteiger partial charge in [0.25, 0.3) is 30.4 Å². The summed E-state index contributed by atoms with van der Waals surface area (Å²) in [4.78, 5) is 3.09. The Morgan fingerprint density at radius 3 is 1.13 bits per heavy atom. The van der Waals surface area contributed by atoms with E-state index in [9.17, 15) is 44.0 Å². The normalized spacial score (nSPS) is 10.9. The molecule has 260 valence electrons. The quantitative estimate of drug-likeness (QED) is 0.0858. The second-order valence-corrected chi connectivity index (χ2v) is 14.5. The van der Waals surface area contributed by atoms with Crippen LogP contribution in [-0.4, -0.2) is 54.0 Å². The van der Waals surface area contributed by atoms with E-state index in [4.69, 9.17) is 0 Å². The molecule has 0 amide bonds. The Hall–Kier alpha value is -2.03. The van der Waals surface area contributed by atoms with Crippen LogP contribution in [0.4, 0.5) is 0 Å². The van der Waals surface area contributed by atoms with Gasteiger partial charge in [-0.1, -0.05) is 71.8 Å². The van der Waals surface area contributed by atoms with Crippen LogP contribution < -0.4 is 88.7 Å². The van der Waals surface area contributed by atoms with Crippen LogP contribution in [0.2, 0.25) is 0 Å². The van der Waals surface area contributed by atoms with Crippen LogP contribution in [0, 0.1) is 13.8 Å². The molecule has 2 aromatic heterocycles. The van der Waals surface area contributed by atoms with Gasteiger partial charge in [0, 0.05) is 51.7 Å². The molecule has 0 spiro atoms. The molecule has 52 heavy (non-hydrogen) atoms. The minimum absolute atomic E-state index is 0. The molecule has 0 atom stereocenters. The molecule has 7 aromatic rings. The summed E-state index contributed by atoms with van der Waals surface area (Å²) in [7, 11) is -16.4. The molecule has 12 nitrogen and oxygen atoms in total. The number of hydrogen-bond acceptors (Lipinski definition) is 9. The van der Waals surface area contributed by atoms with Crippen molar-refractivity contribution in [2.45, 2.75) is 28.5 Å². The first-order valence-corrected chi connectivity index (χ1v) is 18.5. The molecule has 0 aliphatic rings. The van der Waals surface area contributed by atoms with E-state index in [2.05, 4.69) is 48.1 Å². The molecule has 7 rings (SSSR count). The van der Waals surface area contributed by atoms with E-state index in [0.29, 0.717) is 5.39 Å². The Bertz CT molecular complexity index is 2400. The summed E-state index contributed by atoms with van der Waals surface area (Å²) in [5.41, 5.74) is 2.66. The van der Waals surface area contributed by atoms with Gasteiger partial charge in [-0.15, -0.1) is 0 Å². The van der Waals surface area contributed by atoms with Crippen molar-refractivity contribution < 1.29 is 137 Å². The van der Waals surface area contributed by atoms with E-state index in [1.165, 1.54) is 35.4 Å². The minimum Gasteiger partial charge on any atom is -1.00 e. The van der Waals surface area contributed by atoms with Crippen molar-refractivity contribution in [3.63, 3.8) is 0 Å². The fourth-order valence-electron chi connectivity index (χ4n) is 4.87. The Labute approximate surface area is 372 Å². The van der Waals surface area contributed by atoms with Crippen LogP contribution in [0.25, 0.3) is 32.3 Å². The van der Waals surface area contributed by atoms with Gasteiger partial charge >= 0.3 is 88.7 Å². The Balaban J connectivity index is -0.000000856. The third-order valence-corrected chi connectivity index (χ3v) is 9.98. The summed E-state index contributed by atoms with van der Waals surface area (Å²) in [6.07, 6.45) is 7.00. The van der Waals surface area contributed by atoms with Gasteiger partial charge in [-0.25, -0.2) is 0 Å². The van der Waals surface area contributed by atoms with Crippen molar-refractivity contribution in [3.05, 3.63) is 133 Å². The fraction of sp³-hybridized carbons (Fsp3) is 0.0588. The zero-order chi connectivity index (χ0) is 36.0. The molecule has 18 heteroatoms. The number of phenols is 1. The van der Waals surface area contributed by atoms with E-state index in [1.54, 1.807) is 24.8 Å². The van der Waals surface area contributed by atoms with Gasteiger partial charge in [-0.2, -0.15) is 25.3 Å². The fourth-order valence-corrected chi connectivity index (χ4v) is 8.45. The van der Waals surface area contributed by atoms with Crippen LogP contribution >= 0.6 is 0 Å². The molecule has 4 N–H and O–H groups in total. The van der Waals surface area contributed by atoms with Crippen molar-refractivity contribution in [3.8, 4) is 5.75 Å². The molecule has 0 unspecified atom stereocenters. The first-order chi connectivity index (χ1) is 23.0. The molecule has 0 aliphatic carbocycles. The Kier molecular flexibility index (Phi) is 19.0. The summed E-state index contributed by atoms with van der Waals surface area (Å²) in [5, 5.41) is 9.89. The number of aryl methyl sites for hydroxylation is 2. The number of rotatable bonds is 3. The molecular weight excluding hydrogens is 762 g/mol. The number of benzene rings is 5. The topological polar surface area (TPSA) is 209 Å². The first-order valence-electron chi connectivity index (χ1n) is 14.1. The van der Waals surface area contributed by atoms with E-state index in [-0.39, 0.29) is 115 Å². The minimum atomic E-state index is -5.56. The van der Waals surface area contributed by atoms with Crippen molar-refractivity contribution in [2.75, 3.05) is 0 Å². The van der Waals surface area contributed by atoms with Gasteiger partial charge in [0.1, 0.15) is 20.4 Å². The zero-order valence-electron chi connectivity index (χ0n) is 31.9. The second-order valence-electron chi connectivity index (χ2n) is 10.4. The summed E-state index contributed by atoms with van der Waals surface area (Å²) in [6, 6.07) is 27.5. The van der Waals surface area contributed by atoms with Gasteiger partial charge in [0.2, 0.25) is 0 Å². The standard InChI is InChI=1S/C16H10O10S3.C8H10.2C5H5N.3Na.3H/c17-11-6-2-7-1-3-9-13-10(5-4-8(11)12(7)13)15(28(21,22)23)16(29(24,25)26)14(9)27(18,19)20;1-7-3-5-8(2)6-4-7;2*1-2-4-6-5-3-1;;;;;;/h1-6,17H,(H,18,19,20)(H,21,22,23)(H,24,25,26);3-6H,1-2H3;2*1-5H;;;;;;/q;;;;3*+1;3*-1. The molecule has 2 heterocycles. The molecule has 0 saturated heterocycles. The second kappa shape index (κ2) is 20.6. The number of phenolic OH excluding ortho intramolecular Hbond substituents is 1. The van der Waals surface area contributed by atoms with Crippen LogP contribution in [0.5, 0.6) is 5.75 Å². The summed E-state index contributed by atoms with van der Waals surface area (Å²) in [6.45, 7) is 4.19. The number of aromatic nitrogens is 2. The summed E-state index contributed by atoms with van der Waals surface area (Å²) >= 11 is 0. The first kappa shape index (κ1) is 48.0. The van der Waals surface area contributed by atoms with Gasteiger partial charge < -0.3 is 9.39 Å². The van der Waals surface area contributed by atoms with E-state index in [0.717, 1.165) is 12.1 Å². The molecule has 0 fully saturated rings. The van der Waals surface area contributed by atoms with Crippen LogP contribution in [0.3, 0.4) is 0 Å². The van der Waals surface area contributed by atoms with Crippen molar-refractivity contribution in [1.82, 2.24) is 9.97 Å².